The number of hydrogen-bond donors (Lipinski definition) is 1. The zero-order valence-electron chi connectivity index (χ0n) is 13.8. The highest BCUT2D eigenvalue weighted by Gasteiger charge is 2.18. The van der Waals surface area contributed by atoms with Gasteiger partial charge in [-0.05, 0) is 17.7 Å². The van der Waals surface area contributed by atoms with Crippen LogP contribution in [-0.4, -0.2) is 19.9 Å². The standard InChI is InChI=1S/C18H15ClN2O4.ClH/c1-2-14(22)13-10-20-6-7-21(9-11-4-3-5-12(19)8-11)18(25)15(20)17(24)16(13)23;/h3-8,10,24H,2,9H2,1H3;1H. The number of ketones is 1. The number of aromatic nitrogens is 2. The number of hydrogen-bond acceptors (Lipinski definition) is 4. The Morgan fingerprint density at radius 1 is 1.23 bits per heavy atom. The highest BCUT2D eigenvalue weighted by Crippen LogP contribution is 2.14. The van der Waals surface area contributed by atoms with E-state index in [0.29, 0.717) is 5.02 Å². The zero-order valence-corrected chi connectivity index (χ0v) is 15.4. The van der Waals surface area contributed by atoms with Crippen LogP contribution in [0.5, 0.6) is 5.75 Å². The second-order valence-corrected chi connectivity index (χ2v) is 6.05. The van der Waals surface area contributed by atoms with Crippen LogP contribution >= 0.6 is 24.0 Å². The molecule has 0 spiro atoms. The van der Waals surface area contributed by atoms with Crippen molar-refractivity contribution in [3.8, 4) is 5.75 Å². The normalized spacial score (nSPS) is 10.5. The Kier molecular flexibility index (Phi) is 5.90. The van der Waals surface area contributed by atoms with Crippen molar-refractivity contribution in [2.45, 2.75) is 19.9 Å². The average molecular weight is 395 g/mol. The molecule has 0 unspecified atom stereocenters. The number of benzene rings is 1. The first kappa shape index (κ1) is 19.8. The van der Waals surface area contributed by atoms with Crippen LogP contribution in [0, 0.1) is 0 Å². The lowest BCUT2D eigenvalue weighted by molar-refractivity contribution is 0.0986. The number of fused-ring (bicyclic) bond motifs is 1. The fourth-order valence-electron chi connectivity index (χ4n) is 2.65. The van der Waals surface area contributed by atoms with Gasteiger partial charge in [-0.1, -0.05) is 30.7 Å². The number of nitrogens with zero attached hydrogens (tertiary/aromatic N) is 2. The van der Waals surface area contributed by atoms with E-state index < -0.39 is 22.5 Å². The van der Waals surface area contributed by atoms with Gasteiger partial charge in [-0.15, -0.1) is 12.4 Å². The maximum absolute atomic E-state index is 12.7. The van der Waals surface area contributed by atoms with Gasteiger partial charge in [0.2, 0.25) is 5.43 Å². The van der Waals surface area contributed by atoms with E-state index in [4.69, 9.17) is 11.6 Å². The molecule has 0 saturated carbocycles. The summed E-state index contributed by atoms with van der Waals surface area (Å²) in [4.78, 5) is 36.7. The third-order valence-corrected chi connectivity index (χ3v) is 4.18. The molecule has 0 radical (unpaired) electrons. The topological polar surface area (TPSA) is 80.8 Å². The van der Waals surface area contributed by atoms with Gasteiger partial charge in [-0.2, -0.15) is 0 Å². The van der Waals surface area contributed by atoms with E-state index in [1.165, 1.54) is 27.6 Å². The largest absolute Gasteiger partial charge is 0.503 e. The molecule has 6 nitrogen and oxygen atoms in total. The van der Waals surface area contributed by atoms with E-state index in [-0.39, 0.29) is 36.5 Å². The Hall–Kier alpha value is -2.57. The Labute approximate surface area is 159 Å². The molecule has 0 aliphatic heterocycles. The molecule has 2 aromatic heterocycles. The molecule has 1 N–H and O–H groups in total. The maximum Gasteiger partial charge on any atom is 0.279 e. The van der Waals surface area contributed by atoms with Crippen molar-refractivity contribution in [2.75, 3.05) is 0 Å². The molecule has 0 amide bonds. The lowest BCUT2D eigenvalue weighted by Crippen LogP contribution is -2.26. The maximum atomic E-state index is 12.7. The fraction of sp³-hybridized carbons (Fsp3) is 0.167. The van der Waals surface area contributed by atoms with Crippen molar-refractivity contribution in [1.82, 2.24) is 8.97 Å². The second kappa shape index (κ2) is 7.76. The fourth-order valence-corrected chi connectivity index (χ4v) is 2.86. The average Bonchev–Trinajstić information content (AvgIpc) is 2.59. The van der Waals surface area contributed by atoms with Gasteiger partial charge in [0.1, 0.15) is 0 Å². The van der Waals surface area contributed by atoms with Gasteiger partial charge in [0.05, 0.1) is 12.1 Å². The highest BCUT2D eigenvalue weighted by atomic mass is 35.5. The highest BCUT2D eigenvalue weighted by molar-refractivity contribution is 6.30. The van der Waals surface area contributed by atoms with Gasteiger partial charge in [-0.25, -0.2) is 0 Å². The SMILES string of the molecule is CCC(=O)c1cn2ccn(Cc3cccc(Cl)c3)c(=O)c2c(O)c1=O.Cl. The summed E-state index contributed by atoms with van der Waals surface area (Å²) in [5, 5.41) is 10.7. The molecule has 1 aromatic carbocycles. The summed E-state index contributed by atoms with van der Waals surface area (Å²) in [7, 11) is 0. The molecule has 136 valence electrons. The molecule has 0 bridgehead atoms. The minimum Gasteiger partial charge on any atom is -0.503 e. The van der Waals surface area contributed by atoms with Gasteiger partial charge in [0, 0.05) is 30.0 Å². The van der Waals surface area contributed by atoms with E-state index in [1.54, 1.807) is 25.1 Å². The summed E-state index contributed by atoms with van der Waals surface area (Å²) in [6.07, 6.45) is 4.47. The summed E-state index contributed by atoms with van der Waals surface area (Å²) >= 11 is 5.95. The Morgan fingerprint density at radius 3 is 2.62 bits per heavy atom. The van der Waals surface area contributed by atoms with Crippen molar-refractivity contribution in [3.05, 3.63) is 79.6 Å². The molecule has 0 atom stereocenters. The molecule has 8 heteroatoms. The second-order valence-electron chi connectivity index (χ2n) is 5.61. The molecule has 2 heterocycles. The first-order chi connectivity index (χ1) is 11.9. The molecular weight excluding hydrogens is 379 g/mol. The summed E-state index contributed by atoms with van der Waals surface area (Å²) < 4.78 is 2.66. The van der Waals surface area contributed by atoms with Gasteiger partial charge < -0.3 is 14.1 Å². The minimum atomic E-state index is -0.829. The number of Topliss-reactive ketones (excluding diaryl/α,β-unsaturated/α-hetero) is 1. The van der Waals surface area contributed by atoms with Gasteiger partial charge in [0.25, 0.3) is 5.56 Å². The lowest BCUT2D eigenvalue weighted by atomic mass is 10.1. The molecule has 0 aliphatic rings. The lowest BCUT2D eigenvalue weighted by Gasteiger charge is -2.10. The van der Waals surface area contributed by atoms with Crippen molar-refractivity contribution in [2.24, 2.45) is 0 Å². The molecule has 0 fully saturated rings. The quantitative estimate of drug-likeness (QED) is 0.689. The van der Waals surface area contributed by atoms with Crippen LogP contribution in [0.2, 0.25) is 5.02 Å². The number of carbonyl (C=O) groups excluding carboxylic acids is 1. The van der Waals surface area contributed by atoms with Gasteiger partial charge >= 0.3 is 0 Å². The summed E-state index contributed by atoms with van der Waals surface area (Å²) in [5.74, 6) is -1.11. The van der Waals surface area contributed by atoms with Crippen LogP contribution in [0.4, 0.5) is 0 Å². The molecule has 3 aromatic rings. The van der Waals surface area contributed by atoms with Gasteiger partial charge in [0.15, 0.2) is 17.0 Å². The summed E-state index contributed by atoms with van der Waals surface area (Å²) in [6.45, 7) is 1.86. The third-order valence-electron chi connectivity index (χ3n) is 3.94. The van der Waals surface area contributed by atoms with Crippen LogP contribution in [0.15, 0.2) is 52.4 Å². The van der Waals surface area contributed by atoms with E-state index in [1.807, 2.05) is 6.07 Å². The number of aromatic hydroxyl groups is 1. The van der Waals surface area contributed by atoms with Crippen LogP contribution in [0.1, 0.15) is 29.3 Å². The predicted molar refractivity (Wildman–Crippen MR) is 102 cm³/mol. The van der Waals surface area contributed by atoms with Crippen LogP contribution in [-0.2, 0) is 6.54 Å². The number of rotatable bonds is 4. The van der Waals surface area contributed by atoms with Gasteiger partial charge in [-0.3, -0.25) is 14.4 Å². The number of pyridine rings is 1. The smallest absolute Gasteiger partial charge is 0.279 e. The van der Waals surface area contributed by atoms with Crippen molar-refractivity contribution >= 4 is 35.3 Å². The molecule has 0 saturated heterocycles. The zero-order chi connectivity index (χ0) is 18.1. The minimum absolute atomic E-state index is 0. The Morgan fingerprint density at radius 2 is 1.96 bits per heavy atom. The van der Waals surface area contributed by atoms with Crippen molar-refractivity contribution < 1.29 is 9.90 Å². The molecule has 26 heavy (non-hydrogen) atoms. The monoisotopic (exact) mass is 394 g/mol. The predicted octanol–water partition coefficient (Wildman–Crippen LogP) is 2.88. The number of halogens is 2. The first-order valence-electron chi connectivity index (χ1n) is 7.67. The third kappa shape index (κ3) is 3.52. The molecule has 0 aliphatic carbocycles. The molecular formula is C18H16Cl2N2O4. The first-order valence-corrected chi connectivity index (χ1v) is 8.05. The summed E-state index contributed by atoms with van der Waals surface area (Å²) in [5.41, 5.74) is -0.859. The van der Waals surface area contributed by atoms with Crippen molar-refractivity contribution in [3.63, 3.8) is 0 Å². The van der Waals surface area contributed by atoms with Crippen molar-refractivity contribution in [1.29, 1.82) is 0 Å². The number of carbonyl (C=O) groups is 1. The Bertz CT molecular complexity index is 1100. The van der Waals surface area contributed by atoms with E-state index in [0.717, 1.165) is 5.56 Å². The molecule has 3 rings (SSSR count). The summed E-state index contributed by atoms with van der Waals surface area (Å²) in [6, 6.07) is 7.05. The van der Waals surface area contributed by atoms with E-state index in [2.05, 4.69) is 0 Å². The van der Waals surface area contributed by atoms with Crippen LogP contribution in [0.3, 0.4) is 0 Å². The van der Waals surface area contributed by atoms with Crippen LogP contribution in [0.25, 0.3) is 5.52 Å². The van der Waals surface area contributed by atoms with E-state index in [9.17, 15) is 19.5 Å². The van der Waals surface area contributed by atoms with Crippen LogP contribution < -0.4 is 11.0 Å². The van der Waals surface area contributed by atoms with E-state index >= 15 is 0 Å². The Balaban J connectivity index is 0.00000243.